The number of esters is 1. The first kappa shape index (κ1) is 25.4. The number of nitrogens with zero attached hydrogens (tertiary/aromatic N) is 6. The first-order chi connectivity index (χ1) is 17.6. The molecule has 1 aliphatic rings. The normalized spacial score (nSPS) is 16.1. The van der Waals surface area contributed by atoms with Gasteiger partial charge in [0.25, 0.3) is 0 Å². The van der Waals surface area contributed by atoms with Crippen molar-refractivity contribution >= 4 is 17.7 Å². The Labute approximate surface area is 210 Å². The average molecular weight is 510 g/mol. The van der Waals surface area contributed by atoms with Gasteiger partial charge in [-0.05, 0) is 42.8 Å². The summed E-state index contributed by atoms with van der Waals surface area (Å²) in [4.78, 5) is 33.0. The topological polar surface area (TPSA) is 104 Å². The number of alkyl halides is 3. The van der Waals surface area contributed by atoms with Crippen LogP contribution in [0.1, 0.15) is 29.7 Å². The highest BCUT2D eigenvalue weighted by atomic mass is 19.4. The first-order valence-corrected chi connectivity index (χ1v) is 11.1. The molecule has 0 N–H and O–H groups in total. The number of allylic oxidation sites excluding steroid dienone is 1. The molecule has 0 bridgehead atoms. The number of carbonyl (C=O) groups excluding carboxylic acids is 2. The van der Waals surface area contributed by atoms with Crippen LogP contribution in [0.4, 0.5) is 23.7 Å². The Hall–Kier alpha value is -4.66. The van der Waals surface area contributed by atoms with Gasteiger partial charge in [0.1, 0.15) is 19.3 Å². The van der Waals surface area contributed by atoms with Crippen LogP contribution < -0.4 is 4.90 Å². The van der Waals surface area contributed by atoms with Gasteiger partial charge in [-0.3, -0.25) is 4.90 Å². The van der Waals surface area contributed by atoms with Gasteiger partial charge in [-0.2, -0.15) is 23.5 Å². The average Bonchev–Trinajstić information content (AvgIpc) is 3.39. The molecule has 0 saturated carbocycles. The second-order valence-electron chi connectivity index (χ2n) is 8.21. The maximum absolute atomic E-state index is 13.5. The standard InChI is InChI=1S/C25H21F3N6O3/c1-16-21(23(35)37-11-10-33-15-30-14-31-33)22(18-8-6-17(13-29)7-9-18)32(2)24(36)34(16)20-5-3-4-19(12-20)25(26,27)28/h3-9,12,14-15,22H,10-11H2,1-2H3. The molecule has 0 radical (unpaired) electrons. The first-order valence-electron chi connectivity index (χ1n) is 11.1. The Kier molecular flexibility index (Phi) is 6.97. The van der Waals surface area contributed by atoms with Crippen LogP contribution in [0.5, 0.6) is 0 Å². The molecule has 4 rings (SSSR count). The number of amides is 2. The van der Waals surface area contributed by atoms with Gasteiger partial charge in [0.05, 0.1) is 41.0 Å². The lowest BCUT2D eigenvalue weighted by Crippen LogP contribution is -2.49. The Morgan fingerprint density at radius 2 is 1.92 bits per heavy atom. The van der Waals surface area contributed by atoms with E-state index < -0.39 is 29.8 Å². The third kappa shape index (κ3) is 5.16. The summed E-state index contributed by atoms with van der Waals surface area (Å²) in [5.41, 5.74) is 0.137. The largest absolute Gasteiger partial charge is 0.460 e. The zero-order valence-corrected chi connectivity index (χ0v) is 19.8. The van der Waals surface area contributed by atoms with Crippen LogP contribution in [0.15, 0.2) is 72.5 Å². The van der Waals surface area contributed by atoms with Gasteiger partial charge in [-0.1, -0.05) is 18.2 Å². The van der Waals surface area contributed by atoms with Crippen molar-refractivity contribution in [2.75, 3.05) is 18.6 Å². The molecular weight excluding hydrogens is 489 g/mol. The smallest absolute Gasteiger partial charge is 0.416 e. The maximum Gasteiger partial charge on any atom is 0.416 e. The molecule has 0 aliphatic carbocycles. The van der Waals surface area contributed by atoms with Gasteiger partial charge < -0.3 is 9.64 Å². The van der Waals surface area contributed by atoms with Crippen molar-refractivity contribution in [2.45, 2.75) is 25.7 Å². The van der Waals surface area contributed by atoms with E-state index in [1.165, 1.54) is 48.3 Å². The van der Waals surface area contributed by atoms with E-state index in [1.807, 2.05) is 6.07 Å². The summed E-state index contributed by atoms with van der Waals surface area (Å²) in [6, 6.07) is 11.1. The Balaban J connectivity index is 1.77. The van der Waals surface area contributed by atoms with Crippen LogP contribution in [-0.2, 0) is 22.3 Å². The zero-order valence-electron chi connectivity index (χ0n) is 19.8. The number of rotatable bonds is 6. The van der Waals surface area contributed by atoms with Crippen molar-refractivity contribution in [2.24, 2.45) is 0 Å². The molecular formula is C25H21F3N6O3. The number of ether oxygens (including phenoxy) is 1. The highest BCUT2D eigenvalue weighted by Crippen LogP contribution is 2.40. The van der Waals surface area contributed by atoms with Gasteiger partial charge in [0.2, 0.25) is 0 Å². The second-order valence-corrected chi connectivity index (χ2v) is 8.21. The monoisotopic (exact) mass is 510 g/mol. The molecule has 3 aromatic rings. The lowest BCUT2D eigenvalue weighted by molar-refractivity contribution is -0.140. The van der Waals surface area contributed by atoms with E-state index in [4.69, 9.17) is 10.00 Å². The molecule has 1 unspecified atom stereocenters. The minimum atomic E-state index is -4.62. The quantitative estimate of drug-likeness (QED) is 0.458. The molecule has 9 nitrogen and oxygen atoms in total. The summed E-state index contributed by atoms with van der Waals surface area (Å²) >= 11 is 0. The Morgan fingerprint density at radius 3 is 2.54 bits per heavy atom. The number of hydrogen-bond acceptors (Lipinski definition) is 6. The molecule has 0 spiro atoms. The predicted molar refractivity (Wildman–Crippen MR) is 125 cm³/mol. The predicted octanol–water partition coefficient (Wildman–Crippen LogP) is 4.30. The number of benzene rings is 2. The maximum atomic E-state index is 13.5. The van der Waals surface area contributed by atoms with Crippen LogP contribution in [-0.4, -0.2) is 45.3 Å². The summed E-state index contributed by atoms with van der Waals surface area (Å²) in [7, 11) is 1.45. The van der Waals surface area contributed by atoms with Gasteiger partial charge >= 0.3 is 18.2 Å². The summed E-state index contributed by atoms with van der Waals surface area (Å²) in [5, 5.41) is 13.1. The number of halogens is 3. The SMILES string of the molecule is CC1=C(C(=O)OCCn2cncn2)C(c2ccc(C#N)cc2)N(C)C(=O)N1c1cccc(C(F)(F)F)c1. The van der Waals surface area contributed by atoms with Crippen molar-refractivity contribution < 1.29 is 27.5 Å². The lowest BCUT2D eigenvalue weighted by Gasteiger charge is -2.41. The van der Waals surface area contributed by atoms with E-state index in [0.29, 0.717) is 11.1 Å². The van der Waals surface area contributed by atoms with Gasteiger partial charge in [-0.25, -0.2) is 19.3 Å². The number of nitriles is 1. The minimum absolute atomic E-state index is 0.0460. The number of urea groups is 1. The molecule has 1 aromatic heterocycles. The minimum Gasteiger partial charge on any atom is -0.460 e. The molecule has 1 atom stereocenters. The number of carbonyl (C=O) groups is 2. The van der Waals surface area contributed by atoms with E-state index in [9.17, 15) is 22.8 Å². The van der Waals surface area contributed by atoms with Crippen LogP contribution in [0, 0.1) is 11.3 Å². The molecule has 2 amide bonds. The molecule has 0 saturated heterocycles. The molecule has 12 heteroatoms. The number of likely N-dealkylation sites (N-methyl/N-ethyl adjacent to an activating group) is 1. The van der Waals surface area contributed by atoms with Crippen molar-refractivity contribution in [3.63, 3.8) is 0 Å². The second kappa shape index (κ2) is 10.1. The van der Waals surface area contributed by atoms with Crippen molar-refractivity contribution in [3.8, 4) is 6.07 Å². The highest BCUT2D eigenvalue weighted by molar-refractivity contribution is 6.03. The lowest BCUT2D eigenvalue weighted by atomic mass is 9.92. The van der Waals surface area contributed by atoms with Crippen molar-refractivity contribution in [1.82, 2.24) is 19.7 Å². The molecule has 37 heavy (non-hydrogen) atoms. The number of anilines is 1. The van der Waals surface area contributed by atoms with Crippen molar-refractivity contribution in [3.05, 3.63) is 89.1 Å². The summed E-state index contributed by atoms with van der Waals surface area (Å²) in [6.45, 7) is 1.65. The summed E-state index contributed by atoms with van der Waals surface area (Å²) in [5.74, 6) is -0.747. The fourth-order valence-corrected chi connectivity index (χ4v) is 4.10. The van der Waals surface area contributed by atoms with Crippen LogP contribution in [0.2, 0.25) is 0 Å². The third-order valence-corrected chi connectivity index (χ3v) is 5.91. The summed E-state index contributed by atoms with van der Waals surface area (Å²) in [6.07, 6.45) is -1.82. The highest BCUT2D eigenvalue weighted by Gasteiger charge is 2.42. The fourth-order valence-electron chi connectivity index (χ4n) is 4.10. The van der Waals surface area contributed by atoms with Gasteiger partial charge in [-0.15, -0.1) is 0 Å². The number of hydrogen-bond donors (Lipinski definition) is 0. The van der Waals surface area contributed by atoms with Crippen molar-refractivity contribution in [1.29, 1.82) is 5.26 Å². The third-order valence-electron chi connectivity index (χ3n) is 5.91. The molecule has 1 aliphatic heterocycles. The molecule has 0 fully saturated rings. The van der Waals surface area contributed by atoms with E-state index in [0.717, 1.165) is 17.0 Å². The van der Waals surface area contributed by atoms with E-state index in [1.54, 1.807) is 24.3 Å². The molecule has 2 aromatic carbocycles. The van der Waals surface area contributed by atoms with E-state index in [2.05, 4.69) is 10.1 Å². The van der Waals surface area contributed by atoms with E-state index >= 15 is 0 Å². The van der Waals surface area contributed by atoms with Crippen LogP contribution >= 0.6 is 0 Å². The fraction of sp³-hybridized carbons (Fsp3) is 0.240. The zero-order chi connectivity index (χ0) is 26.7. The molecule has 2 heterocycles. The van der Waals surface area contributed by atoms with Gasteiger partial charge in [0, 0.05) is 12.7 Å². The van der Waals surface area contributed by atoms with E-state index in [-0.39, 0.29) is 30.1 Å². The number of aromatic nitrogens is 3. The Bertz CT molecular complexity index is 1380. The van der Waals surface area contributed by atoms with Crippen LogP contribution in [0.25, 0.3) is 0 Å². The van der Waals surface area contributed by atoms with Gasteiger partial charge in [0.15, 0.2) is 0 Å². The molecule has 190 valence electrons. The summed E-state index contributed by atoms with van der Waals surface area (Å²) < 4.78 is 47.1. The van der Waals surface area contributed by atoms with Crippen LogP contribution in [0.3, 0.4) is 0 Å². The Morgan fingerprint density at radius 1 is 1.19 bits per heavy atom.